The maximum absolute atomic E-state index is 13.5. The molecule has 2 N–H and O–H groups in total. The van der Waals surface area contributed by atoms with Crippen molar-refractivity contribution in [1.29, 1.82) is 0 Å². The largest absolute Gasteiger partial charge is 0.508 e. The van der Waals surface area contributed by atoms with E-state index in [-0.39, 0.29) is 29.3 Å². The van der Waals surface area contributed by atoms with E-state index in [0.29, 0.717) is 47.3 Å². The molecule has 0 aliphatic heterocycles. The maximum Gasteiger partial charge on any atom is 0.433 e. The van der Waals surface area contributed by atoms with E-state index in [2.05, 4.69) is 10.3 Å². The first-order valence-corrected chi connectivity index (χ1v) is 11.0. The first kappa shape index (κ1) is 23.2. The zero-order valence-electron chi connectivity index (χ0n) is 17.9. The number of alkyl halides is 3. The second-order valence-corrected chi connectivity index (χ2v) is 8.76. The van der Waals surface area contributed by atoms with Crippen LogP contribution in [0.1, 0.15) is 41.7 Å². The van der Waals surface area contributed by atoms with Gasteiger partial charge in [-0.05, 0) is 74.2 Å². The molecule has 0 unspecified atom stereocenters. The van der Waals surface area contributed by atoms with Crippen molar-refractivity contribution in [3.8, 4) is 5.75 Å². The number of carbonyl (C=O) groups excluding carboxylic acids is 1. The number of phenols is 1. The summed E-state index contributed by atoms with van der Waals surface area (Å²) >= 11 is 6.11. The van der Waals surface area contributed by atoms with Gasteiger partial charge in [0.1, 0.15) is 11.4 Å². The molecule has 5 nitrogen and oxygen atoms in total. The number of fused-ring (bicyclic) bond motifs is 1. The molecule has 1 amide bonds. The highest BCUT2D eigenvalue weighted by Crippen LogP contribution is 2.37. The summed E-state index contributed by atoms with van der Waals surface area (Å²) in [4.78, 5) is 18.1. The van der Waals surface area contributed by atoms with E-state index in [1.54, 1.807) is 25.2 Å². The Morgan fingerprint density at radius 2 is 1.76 bits per heavy atom. The van der Waals surface area contributed by atoms with Gasteiger partial charge in [0, 0.05) is 40.8 Å². The normalized spacial score (nSPS) is 18.8. The van der Waals surface area contributed by atoms with Gasteiger partial charge in [0.2, 0.25) is 0 Å². The molecule has 1 heterocycles. The molecule has 174 valence electrons. The molecule has 1 aliphatic carbocycles. The fourth-order valence-electron chi connectivity index (χ4n) is 4.30. The van der Waals surface area contributed by atoms with Gasteiger partial charge < -0.3 is 15.3 Å². The Kier molecular flexibility index (Phi) is 6.38. The average Bonchev–Trinajstić information content (AvgIpc) is 2.78. The number of aromatic nitrogens is 1. The molecule has 1 saturated carbocycles. The van der Waals surface area contributed by atoms with Gasteiger partial charge >= 0.3 is 6.18 Å². The SMILES string of the molecule is CN(c1cc(C(F)(F)F)nc2ccc(Cl)cc12)C1CCC(NC(=O)c2ccc(O)cc2)CC1. The number of benzene rings is 2. The Bertz CT molecular complexity index is 1160. The monoisotopic (exact) mass is 477 g/mol. The summed E-state index contributed by atoms with van der Waals surface area (Å²) in [5, 5.41) is 13.4. The Hall–Kier alpha value is -3.00. The zero-order chi connectivity index (χ0) is 23.8. The summed E-state index contributed by atoms with van der Waals surface area (Å²) in [6.07, 6.45) is -1.73. The molecule has 9 heteroatoms. The van der Waals surface area contributed by atoms with Gasteiger partial charge in [-0.25, -0.2) is 4.98 Å². The van der Waals surface area contributed by atoms with Gasteiger partial charge in [-0.1, -0.05) is 11.6 Å². The molecule has 1 aromatic heterocycles. The number of nitrogens with one attached hydrogen (secondary N) is 1. The smallest absolute Gasteiger partial charge is 0.433 e. The van der Waals surface area contributed by atoms with Crippen molar-refractivity contribution in [3.63, 3.8) is 0 Å². The molecular weight excluding hydrogens is 455 g/mol. The number of anilines is 1. The van der Waals surface area contributed by atoms with Crippen molar-refractivity contribution in [2.45, 2.75) is 43.9 Å². The van der Waals surface area contributed by atoms with Crippen LogP contribution < -0.4 is 10.2 Å². The molecule has 1 fully saturated rings. The van der Waals surface area contributed by atoms with Crippen LogP contribution in [0.5, 0.6) is 5.75 Å². The molecule has 0 radical (unpaired) electrons. The summed E-state index contributed by atoms with van der Waals surface area (Å²) in [5.74, 6) is -0.120. The van der Waals surface area contributed by atoms with Crippen LogP contribution in [-0.4, -0.2) is 35.1 Å². The lowest BCUT2D eigenvalue weighted by Gasteiger charge is -2.37. The number of nitrogens with zero attached hydrogens (tertiary/aromatic N) is 2. The lowest BCUT2D eigenvalue weighted by atomic mass is 9.89. The van der Waals surface area contributed by atoms with Gasteiger partial charge in [0.25, 0.3) is 5.91 Å². The number of amides is 1. The molecule has 33 heavy (non-hydrogen) atoms. The molecule has 3 aromatic rings. The van der Waals surface area contributed by atoms with E-state index < -0.39 is 11.9 Å². The number of hydrogen-bond donors (Lipinski definition) is 2. The summed E-state index contributed by atoms with van der Waals surface area (Å²) in [7, 11) is 1.79. The fourth-order valence-corrected chi connectivity index (χ4v) is 4.48. The second-order valence-electron chi connectivity index (χ2n) is 8.32. The van der Waals surface area contributed by atoms with Gasteiger partial charge in [-0.3, -0.25) is 4.79 Å². The average molecular weight is 478 g/mol. The third-order valence-electron chi connectivity index (χ3n) is 6.13. The number of rotatable bonds is 4. The van der Waals surface area contributed by atoms with Crippen molar-refractivity contribution in [1.82, 2.24) is 10.3 Å². The van der Waals surface area contributed by atoms with Crippen LogP contribution in [0.4, 0.5) is 18.9 Å². The molecule has 2 aromatic carbocycles. The van der Waals surface area contributed by atoms with Crippen LogP contribution in [0.15, 0.2) is 48.5 Å². The van der Waals surface area contributed by atoms with Crippen molar-refractivity contribution >= 4 is 34.1 Å². The predicted molar refractivity (Wildman–Crippen MR) is 122 cm³/mol. The van der Waals surface area contributed by atoms with Gasteiger partial charge in [0.05, 0.1) is 5.52 Å². The Morgan fingerprint density at radius 3 is 2.39 bits per heavy atom. The highest BCUT2D eigenvalue weighted by molar-refractivity contribution is 6.31. The minimum atomic E-state index is -4.56. The molecular formula is C24H23ClF3N3O2. The Balaban J connectivity index is 1.49. The number of phenolic OH excluding ortho intramolecular Hbond substituents is 1. The molecule has 0 atom stereocenters. The minimum absolute atomic E-state index is 0.0116. The summed E-state index contributed by atoms with van der Waals surface area (Å²) in [6, 6.07) is 11.8. The van der Waals surface area contributed by atoms with E-state index in [4.69, 9.17) is 11.6 Å². The zero-order valence-corrected chi connectivity index (χ0v) is 18.6. The summed E-state index contributed by atoms with van der Waals surface area (Å²) < 4.78 is 40.4. The molecule has 1 aliphatic rings. The van der Waals surface area contributed by atoms with E-state index >= 15 is 0 Å². The maximum atomic E-state index is 13.5. The topological polar surface area (TPSA) is 65.5 Å². The lowest BCUT2D eigenvalue weighted by Crippen LogP contribution is -2.43. The summed E-state index contributed by atoms with van der Waals surface area (Å²) in [5.41, 5.74) is 0.207. The van der Waals surface area contributed by atoms with E-state index in [9.17, 15) is 23.1 Å². The van der Waals surface area contributed by atoms with Crippen molar-refractivity contribution in [3.05, 3.63) is 64.8 Å². The van der Waals surface area contributed by atoms with Crippen molar-refractivity contribution < 1.29 is 23.1 Å². The van der Waals surface area contributed by atoms with Crippen molar-refractivity contribution in [2.24, 2.45) is 0 Å². The van der Waals surface area contributed by atoms with Crippen LogP contribution in [0, 0.1) is 0 Å². The van der Waals surface area contributed by atoms with Crippen LogP contribution >= 0.6 is 11.6 Å². The lowest BCUT2D eigenvalue weighted by molar-refractivity contribution is -0.140. The number of pyridine rings is 1. The minimum Gasteiger partial charge on any atom is -0.508 e. The van der Waals surface area contributed by atoms with E-state index in [0.717, 1.165) is 6.07 Å². The fraction of sp³-hybridized carbons (Fsp3) is 0.333. The number of carbonyl (C=O) groups is 1. The molecule has 0 bridgehead atoms. The molecule has 0 spiro atoms. The second kappa shape index (κ2) is 9.09. The van der Waals surface area contributed by atoms with Crippen LogP contribution in [-0.2, 0) is 6.18 Å². The number of hydrogen-bond acceptors (Lipinski definition) is 4. The van der Waals surface area contributed by atoms with Gasteiger partial charge in [0.15, 0.2) is 0 Å². The highest BCUT2D eigenvalue weighted by atomic mass is 35.5. The quantitative estimate of drug-likeness (QED) is 0.499. The van der Waals surface area contributed by atoms with Crippen LogP contribution in [0.3, 0.4) is 0 Å². The van der Waals surface area contributed by atoms with Gasteiger partial charge in [-0.2, -0.15) is 13.2 Å². The predicted octanol–water partition coefficient (Wildman–Crippen LogP) is 5.79. The highest BCUT2D eigenvalue weighted by Gasteiger charge is 2.34. The van der Waals surface area contributed by atoms with Crippen LogP contribution in [0.2, 0.25) is 5.02 Å². The number of aromatic hydroxyl groups is 1. The molecule has 0 saturated heterocycles. The Morgan fingerprint density at radius 1 is 1.09 bits per heavy atom. The number of halogens is 4. The third kappa shape index (κ3) is 5.16. The Labute approximate surface area is 194 Å². The molecule has 4 rings (SSSR count). The third-order valence-corrected chi connectivity index (χ3v) is 6.36. The first-order chi connectivity index (χ1) is 15.6. The van der Waals surface area contributed by atoms with E-state index in [1.165, 1.54) is 24.3 Å². The summed E-state index contributed by atoms with van der Waals surface area (Å²) in [6.45, 7) is 0. The first-order valence-electron chi connectivity index (χ1n) is 10.6. The standard InChI is InChI=1S/C24H23ClF3N3O2/c1-31(21-13-22(24(26,27)28)30-20-11-4-15(25)12-19(20)21)17-7-5-16(6-8-17)29-23(33)14-2-9-18(32)10-3-14/h2-4,9-13,16-17,32H,5-8H2,1H3,(H,29,33). The van der Waals surface area contributed by atoms with Gasteiger partial charge in [-0.15, -0.1) is 0 Å². The van der Waals surface area contributed by atoms with E-state index in [1.807, 2.05) is 4.90 Å². The van der Waals surface area contributed by atoms with Crippen LogP contribution in [0.25, 0.3) is 10.9 Å². The van der Waals surface area contributed by atoms with Crippen molar-refractivity contribution in [2.75, 3.05) is 11.9 Å².